The van der Waals surface area contributed by atoms with Crippen molar-refractivity contribution in [3.63, 3.8) is 0 Å². The maximum Gasteiger partial charge on any atom is 0.384 e. The number of carbonyl (C=O) groups is 2. The fourth-order valence-corrected chi connectivity index (χ4v) is 2.52. The van der Waals surface area contributed by atoms with Crippen LogP contribution in [0.1, 0.15) is 19.3 Å². The maximum absolute atomic E-state index is 10.9. The van der Waals surface area contributed by atoms with E-state index in [9.17, 15) is 9.59 Å². The molecule has 88 valence electrons. The Labute approximate surface area is 99.7 Å². The summed E-state index contributed by atoms with van der Waals surface area (Å²) in [5.41, 5.74) is -0.141. The first-order chi connectivity index (χ1) is 8.03. The highest BCUT2D eigenvalue weighted by molar-refractivity contribution is 5.89. The van der Waals surface area contributed by atoms with Crippen LogP contribution in [-0.2, 0) is 19.1 Å². The summed E-state index contributed by atoms with van der Waals surface area (Å²) in [6, 6.07) is 0. The van der Waals surface area contributed by atoms with Crippen molar-refractivity contribution in [1.82, 2.24) is 0 Å². The first kappa shape index (κ1) is 11.5. The van der Waals surface area contributed by atoms with Gasteiger partial charge in [0.05, 0.1) is 14.2 Å². The normalized spacial score (nSPS) is 31.4. The van der Waals surface area contributed by atoms with Gasteiger partial charge in [0.2, 0.25) is 0 Å². The van der Waals surface area contributed by atoms with Gasteiger partial charge in [0.15, 0.2) is 0 Å². The van der Waals surface area contributed by atoms with Crippen molar-refractivity contribution in [2.24, 2.45) is 10.8 Å². The summed E-state index contributed by atoms with van der Waals surface area (Å²) >= 11 is 0. The van der Waals surface area contributed by atoms with Gasteiger partial charge in [0, 0.05) is 22.7 Å². The van der Waals surface area contributed by atoms with Gasteiger partial charge in [-0.05, 0) is 19.3 Å². The molecule has 0 N–H and O–H groups in total. The zero-order valence-corrected chi connectivity index (χ0v) is 9.75. The number of esters is 2. The molecule has 4 nitrogen and oxygen atoms in total. The van der Waals surface area contributed by atoms with E-state index >= 15 is 0 Å². The highest BCUT2D eigenvalue weighted by atomic mass is 16.5. The summed E-state index contributed by atoms with van der Waals surface area (Å²) in [7, 11) is 2.62. The lowest BCUT2D eigenvalue weighted by Crippen LogP contribution is -2.60. The zero-order valence-electron chi connectivity index (χ0n) is 9.75. The first-order valence-corrected chi connectivity index (χ1v) is 5.25. The molecular formula is C13H12O4. The molecule has 0 aliphatic heterocycles. The SMILES string of the molecule is COC(=O)C#CC12CC(C#CC(=O)OC)(C1)C2. The Bertz CT molecular complexity index is 431. The van der Waals surface area contributed by atoms with Gasteiger partial charge in [0.25, 0.3) is 0 Å². The molecule has 0 heterocycles. The van der Waals surface area contributed by atoms with Crippen molar-refractivity contribution in [2.45, 2.75) is 19.3 Å². The van der Waals surface area contributed by atoms with Crippen LogP contribution in [0, 0.1) is 34.5 Å². The molecule has 0 aromatic rings. The van der Waals surface area contributed by atoms with Crippen LogP contribution < -0.4 is 0 Å². The van der Waals surface area contributed by atoms with E-state index in [4.69, 9.17) is 0 Å². The molecule has 3 aliphatic rings. The van der Waals surface area contributed by atoms with Gasteiger partial charge in [-0.2, -0.15) is 0 Å². The van der Waals surface area contributed by atoms with Crippen LogP contribution in [0.2, 0.25) is 0 Å². The molecule has 17 heavy (non-hydrogen) atoms. The van der Waals surface area contributed by atoms with Crippen molar-refractivity contribution in [3.05, 3.63) is 0 Å². The van der Waals surface area contributed by atoms with Gasteiger partial charge >= 0.3 is 11.9 Å². The van der Waals surface area contributed by atoms with Gasteiger partial charge < -0.3 is 9.47 Å². The fraction of sp³-hybridized carbons (Fsp3) is 0.538. The molecule has 0 radical (unpaired) electrons. The lowest BCUT2D eigenvalue weighted by atomic mass is 9.36. The third-order valence-electron chi connectivity index (χ3n) is 3.26. The second-order valence-corrected chi connectivity index (χ2v) is 4.57. The van der Waals surface area contributed by atoms with E-state index in [1.165, 1.54) is 14.2 Å². The number of methoxy groups -OCH3 is 2. The minimum atomic E-state index is -0.510. The summed E-state index contributed by atoms with van der Waals surface area (Å²) in [5, 5.41) is 0. The van der Waals surface area contributed by atoms with E-state index in [1.54, 1.807) is 0 Å². The van der Waals surface area contributed by atoms with Crippen molar-refractivity contribution < 1.29 is 19.1 Å². The number of carbonyl (C=O) groups excluding carboxylic acids is 2. The predicted molar refractivity (Wildman–Crippen MR) is 58.3 cm³/mol. The summed E-state index contributed by atoms with van der Waals surface area (Å²) in [5.74, 6) is 9.75. The molecule has 0 aromatic carbocycles. The van der Waals surface area contributed by atoms with E-state index in [2.05, 4.69) is 33.2 Å². The standard InChI is InChI=1S/C13H12O4/c1-16-10(14)3-5-12-7-13(8-12,9-12)6-4-11(15)17-2/h7-9H2,1-2H3. The van der Waals surface area contributed by atoms with Crippen LogP contribution in [0.3, 0.4) is 0 Å². The van der Waals surface area contributed by atoms with Crippen LogP contribution >= 0.6 is 0 Å². The molecule has 3 aliphatic carbocycles. The molecule has 2 bridgehead atoms. The number of hydrogen-bond acceptors (Lipinski definition) is 4. The maximum atomic E-state index is 10.9. The third-order valence-corrected chi connectivity index (χ3v) is 3.26. The van der Waals surface area contributed by atoms with E-state index < -0.39 is 11.9 Å². The Morgan fingerprint density at radius 1 is 0.882 bits per heavy atom. The van der Waals surface area contributed by atoms with Crippen molar-refractivity contribution in [2.75, 3.05) is 14.2 Å². The Kier molecular flexibility index (Phi) is 2.59. The zero-order chi connectivity index (χ0) is 12.5. The molecule has 0 atom stereocenters. The number of ether oxygens (including phenoxy) is 2. The smallest absolute Gasteiger partial charge is 0.384 e. The minimum absolute atomic E-state index is 0.0704. The Balaban J connectivity index is 1.91. The lowest BCUT2D eigenvalue weighted by Gasteiger charge is -2.65. The Morgan fingerprint density at radius 2 is 1.24 bits per heavy atom. The molecule has 3 rings (SSSR count). The van der Waals surface area contributed by atoms with Crippen molar-refractivity contribution in [3.8, 4) is 23.7 Å². The van der Waals surface area contributed by atoms with Gasteiger partial charge in [-0.25, -0.2) is 9.59 Å². The van der Waals surface area contributed by atoms with Crippen LogP contribution in [0.5, 0.6) is 0 Å². The molecule has 0 spiro atoms. The van der Waals surface area contributed by atoms with Gasteiger partial charge in [-0.3, -0.25) is 0 Å². The van der Waals surface area contributed by atoms with Crippen LogP contribution in [0.15, 0.2) is 0 Å². The van der Waals surface area contributed by atoms with Crippen LogP contribution in [0.25, 0.3) is 0 Å². The summed E-state index contributed by atoms with van der Waals surface area (Å²) in [4.78, 5) is 21.7. The minimum Gasteiger partial charge on any atom is -0.459 e. The quantitative estimate of drug-likeness (QED) is 0.347. The topological polar surface area (TPSA) is 52.6 Å². The average Bonchev–Trinajstić information content (AvgIpc) is 2.23. The predicted octanol–water partition coefficient (Wildman–Crippen LogP) is 0.510. The monoisotopic (exact) mass is 232 g/mol. The van der Waals surface area contributed by atoms with E-state index in [1.807, 2.05) is 0 Å². The lowest BCUT2D eigenvalue weighted by molar-refractivity contribution is -0.134. The van der Waals surface area contributed by atoms with Gasteiger partial charge in [-0.15, -0.1) is 0 Å². The Morgan fingerprint density at radius 3 is 1.53 bits per heavy atom. The third kappa shape index (κ3) is 1.99. The molecule has 0 aromatic heterocycles. The summed E-state index contributed by atoms with van der Waals surface area (Å²) in [6.07, 6.45) is 2.48. The van der Waals surface area contributed by atoms with E-state index in [-0.39, 0.29) is 10.8 Å². The van der Waals surface area contributed by atoms with Crippen LogP contribution in [0.4, 0.5) is 0 Å². The van der Waals surface area contributed by atoms with E-state index in [0.29, 0.717) is 0 Å². The fourth-order valence-electron chi connectivity index (χ4n) is 2.52. The highest BCUT2D eigenvalue weighted by Gasteiger charge is 2.67. The average molecular weight is 232 g/mol. The van der Waals surface area contributed by atoms with E-state index in [0.717, 1.165) is 19.3 Å². The largest absolute Gasteiger partial charge is 0.459 e. The first-order valence-electron chi connectivity index (χ1n) is 5.25. The number of rotatable bonds is 0. The molecule has 0 amide bonds. The van der Waals surface area contributed by atoms with Crippen molar-refractivity contribution >= 4 is 11.9 Å². The van der Waals surface area contributed by atoms with Crippen LogP contribution in [-0.4, -0.2) is 26.2 Å². The molecule has 0 saturated heterocycles. The van der Waals surface area contributed by atoms with Gasteiger partial charge in [0.1, 0.15) is 0 Å². The molecule has 4 heteroatoms. The second-order valence-electron chi connectivity index (χ2n) is 4.57. The Hall–Kier alpha value is -1.94. The highest BCUT2D eigenvalue weighted by Crippen LogP contribution is 2.72. The number of hydrogen-bond donors (Lipinski definition) is 0. The molecular weight excluding hydrogens is 220 g/mol. The molecule has 0 unspecified atom stereocenters. The van der Waals surface area contributed by atoms with Crippen molar-refractivity contribution in [1.29, 1.82) is 0 Å². The molecule has 3 fully saturated rings. The molecule has 3 saturated carbocycles. The summed E-state index contributed by atoms with van der Waals surface area (Å²) < 4.78 is 8.90. The van der Waals surface area contributed by atoms with Gasteiger partial charge in [-0.1, -0.05) is 11.8 Å². The summed E-state index contributed by atoms with van der Waals surface area (Å²) in [6.45, 7) is 0. The second kappa shape index (κ2) is 3.82.